The summed E-state index contributed by atoms with van der Waals surface area (Å²) in [4.78, 5) is 21.3. The van der Waals surface area contributed by atoms with E-state index in [9.17, 15) is 18.0 Å². The number of benzene rings is 2. The highest BCUT2D eigenvalue weighted by Gasteiger charge is 2.38. The van der Waals surface area contributed by atoms with Crippen molar-refractivity contribution in [3.63, 3.8) is 0 Å². The molecule has 2 aromatic carbocycles. The fraction of sp³-hybridized carbons (Fsp3) is 0.261. The molecule has 7 nitrogen and oxygen atoms in total. The quantitative estimate of drug-likeness (QED) is 0.489. The zero-order chi connectivity index (χ0) is 25.6. The van der Waals surface area contributed by atoms with E-state index < -0.39 is 12.1 Å². The number of fused-ring (bicyclic) bond motifs is 1. The number of hydrogen-bond donors (Lipinski definition) is 2. The van der Waals surface area contributed by atoms with Gasteiger partial charge >= 0.3 is 12.1 Å². The maximum atomic E-state index is 12.4. The molecule has 0 radical (unpaired) electrons. The third-order valence-corrected chi connectivity index (χ3v) is 5.30. The summed E-state index contributed by atoms with van der Waals surface area (Å²) >= 11 is 12.0. The van der Waals surface area contributed by atoms with Crippen LogP contribution in [-0.4, -0.2) is 46.1 Å². The SMILES string of the molecule is O=C(NCC1OCCc2cn(Cc3ccccc3)nc21)c1cc(Cl)cc(Cl)c1.O=C(O)C(F)(F)F. The number of alkyl halides is 3. The van der Waals surface area contributed by atoms with Crippen molar-refractivity contribution in [2.75, 3.05) is 13.2 Å². The van der Waals surface area contributed by atoms with E-state index in [0.717, 1.165) is 17.7 Å². The third kappa shape index (κ3) is 7.71. The van der Waals surface area contributed by atoms with Crippen LogP contribution in [0.25, 0.3) is 0 Å². The van der Waals surface area contributed by atoms with Crippen LogP contribution in [0.5, 0.6) is 0 Å². The molecule has 0 fully saturated rings. The summed E-state index contributed by atoms with van der Waals surface area (Å²) in [6.45, 7) is 1.64. The molecule has 2 N–H and O–H groups in total. The van der Waals surface area contributed by atoms with Crippen LogP contribution in [0.3, 0.4) is 0 Å². The number of nitrogens with one attached hydrogen (secondary N) is 1. The Morgan fingerprint density at radius 1 is 1.14 bits per heavy atom. The van der Waals surface area contributed by atoms with Crippen molar-refractivity contribution in [1.29, 1.82) is 0 Å². The molecule has 186 valence electrons. The van der Waals surface area contributed by atoms with E-state index in [1.54, 1.807) is 18.2 Å². The molecular formula is C23H20Cl2F3N3O4. The van der Waals surface area contributed by atoms with Gasteiger partial charge in [-0.25, -0.2) is 4.79 Å². The number of carbonyl (C=O) groups is 2. The second kappa shape index (κ2) is 11.6. The molecule has 4 rings (SSSR count). The smallest absolute Gasteiger partial charge is 0.475 e. The molecule has 0 bridgehead atoms. The number of amides is 1. The molecule has 3 aromatic rings. The van der Waals surface area contributed by atoms with E-state index in [-0.39, 0.29) is 12.0 Å². The molecule has 0 saturated heterocycles. The summed E-state index contributed by atoms with van der Waals surface area (Å²) in [6, 6.07) is 14.9. The number of carboxylic acid groups (broad SMARTS) is 1. The molecule has 35 heavy (non-hydrogen) atoms. The van der Waals surface area contributed by atoms with Crippen LogP contribution in [0.15, 0.2) is 54.7 Å². The van der Waals surface area contributed by atoms with Crippen molar-refractivity contribution >= 4 is 35.1 Å². The maximum Gasteiger partial charge on any atom is 0.490 e. The highest BCUT2D eigenvalue weighted by molar-refractivity contribution is 6.35. The van der Waals surface area contributed by atoms with Gasteiger partial charge in [0.15, 0.2) is 0 Å². The Morgan fingerprint density at radius 3 is 2.37 bits per heavy atom. The van der Waals surface area contributed by atoms with Gasteiger partial charge in [0.1, 0.15) is 6.10 Å². The first-order chi connectivity index (χ1) is 16.5. The fourth-order valence-electron chi connectivity index (χ4n) is 3.31. The Balaban J connectivity index is 0.000000429. The van der Waals surface area contributed by atoms with E-state index in [1.165, 1.54) is 5.56 Å². The van der Waals surface area contributed by atoms with E-state index in [1.807, 2.05) is 22.9 Å². The lowest BCUT2D eigenvalue weighted by molar-refractivity contribution is -0.192. The highest BCUT2D eigenvalue weighted by Crippen LogP contribution is 2.26. The lowest BCUT2D eigenvalue weighted by Crippen LogP contribution is -2.32. The summed E-state index contributed by atoms with van der Waals surface area (Å²) in [5.74, 6) is -3.00. The summed E-state index contributed by atoms with van der Waals surface area (Å²) in [7, 11) is 0. The van der Waals surface area contributed by atoms with Crippen LogP contribution < -0.4 is 5.32 Å². The van der Waals surface area contributed by atoms with Crippen molar-refractivity contribution in [2.45, 2.75) is 25.2 Å². The highest BCUT2D eigenvalue weighted by atomic mass is 35.5. The summed E-state index contributed by atoms with van der Waals surface area (Å²) < 4.78 is 39.5. The number of aliphatic carboxylic acids is 1. The lowest BCUT2D eigenvalue weighted by atomic mass is 10.1. The number of halogens is 5. The fourth-order valence-corrected chi connectivity index (χ4v) is 3.84. The first kappa shape index (κ1) is 26.5. The van der Waals surface area contributed by atoms with Crippen LogP contribution in [0, 0.1) is 0 Å². The molecule has 1 unspecified atom stereocenters. The van der Waals surface area contributed by atoms with Crippen molar-refractivity contribution in [2.24, 2.45) is 0 Å². The number of carbonyl (C=O) groups excluding carboxylic acids is 1. The van der Waals surface area contributed by atoms with Gasteiger partial charge in [-0.3, -0.25) is 9.48 Å². The van der Waals surface area contributed by atoms with E-state index in [2.05, 4.69) is 23.6 Å². The Hall–Kier alpha value is -3.08. The largest absolute Gasteiger partial charge is 0.490 e. The van der Waals surface area contributed by atoms with Gasteiger partial charge in [-0.05, 0) is 35.7 Å². The third-order valence-electron chi connectivity index (χ3n) is 4.87. The van der Waals surface area contributed by atoms with Crippen LogP contribution in [0.2, 0.25) is 10.0 Å². The normalized spacial score (nSPS) is 14.9. The summed E-state index contributed by atoms with van der Waals surface area (Å²) in [5, 5.41) is 15.6. The van der Waals surface area contributed by atoms with E-state index >= 15 is 0 Å². The molecule has 1 aliphatic heterocycles. The molecular weight excluding hydrogens is 510 g/mol. The van der Waals surface area contributed by atoms with Crippen molar-refractivity contribution < 1.29 is 32.6 Å². The summed E-state index contributed by atoms with van der Waals surface area (Å²) in [5.41, 5.74) is 3.65. The number of rotatable bonds is 5. The monoisotopic (exact) mass is 529 g/mol. The number of carboxylic acids is 1. The first-order valence-electron chi connectivity index (χ1n) is 10.3. The van der Waals surface area contributed by atoms with Gasteiger partial charge < -0.3 is 15.2 Å². The summed E-state index contributed by atoms with van der Waals surface area (Å²) in [6.07, 6.45) is -2.48. The van der Waals surface area contributed by atoms with Crippen LogP contribution in [-0.2, 0) is 22.5 Å². The Kier molecular flexibility index (Phi) is 8.76. The number of hydrogen-bond acceptors (Lipinski definition) is 4. The van der Waals surface area contributed by atoms with Crippen molar-refractivity contribution in [1.82, 2.24) is 15.1 Å². The standard InChI is InChI=1S/C21H19Cl2N3O2.C2HF3O2/c22-17-8-16(9-18(23)10-17)21(27)24-11-19-20-15(6-7-28-19)13-26(25-20)12-14-4-2-1-3-5-14;3-2(4,5)1(6)7/h1-5,8-10,13,19H,6-7,11-12H2,(H,24,27);(H,6,7). The number of aromatic nitrogens is 2. The molecule has 1 aromatic heterocycles. The average Bonchev–Trinajstić information content (AvgIpc) is 3.20. The maximum absolute atomic E-state index is 12.4. The zero-order valence-corrected chi connectivity index (χ0v) is 19.6. The predicted molar refractivity (Wildman–Crippen MR) is 123 cm³/mol. The molecule has 2 heterocycles. The Bertz CT molecular complexity index is 1170. The van der Waals surface area contributed by atoms with E-state index in [0.29, 0.717) is 35.3 Å². The van der Waals surface area contributed by atoms with E-state index in [4.69, 9.17) is 42.9 Å². The lowest BCUT2D eigenvalue weighted by Gasteiger charge is -2.22. The zero-order valence-electron chi connectivity index (χ0n) is 18.1. The molecule has 0 saturated carbocycles. The predicted octanol–water partition coefficient (Wildman–Crippen LogP) is 4.92. The molecule has 12 heteroatoms. The van der Waals surface area contributed by atoms with Crippen LogP contribution in [0.4, 0.5) is 13.2 Å². The van der Waals surface area contributed by atoms with Gasteiger partial charge in [0.2, 0.25) is 0 Å². The van der Waals surface area contributed by atoms with Gasteiger partial charge in [0.25, 0.3) is 5.91 Å². The van der Waals surface area contributed by atoms with Crippen LogP contribution >= 0.6 is 23.2 Å². The molecule has 0 spiro atoms. The second-order valence-corrected chi connectivity index (χ2v) is 8.38. The van der Waals surface area contributed by atoms with Gasteiger partial charge in [-0.1, -0.05) is 53.5 Å². The second-order valence-electron chi connectivity index (χ2n) is 7.50. The number of nitrogens with zero attached hydrogens (tertiary/aromatic N) is 2. The first-order valence-corrected chi connectivity index (χ1v) is 11.0. The van der Waals surface area contributed by atoms with Crippen LogP contribution in [0.1, 0.15) is 33.3 Å². The minimum Gasteiger partial charge on any atom is -0.475 e. The van der Waals surface area contributed by atoms with Gasteiger partial charge in [0.05, 0.1) is 18.8 Å². The molecule has 1 amide bonds. The molecule has 1 atom stereocenters. The number of ether oxygens (including phenoxy) is 1. The topological polar surface area (TPSA) is 93.5 Å². The van der Waals surface area contributed by atoms with Gasteiger partial charge in [-0.2, -0.15) is 18.3 Å². The average molecular weight is 530 g/mol. The Morgan fingerprint density at radius 2 is 1.77 bits per heavy atom. The van der Waals surface area contributed by atoms with Crippen molar-refractivity contribution in [3.8, 4) is 0 Å². The van der Waals surface area contributed by atoms with Gasteiger partial charge in [-0.15, -0.1) is 0 Å². The Labute approximate surface area is 208 Å². The van der Waals surface area contributed by atoms with Crippen molar-refractivity contribution in [3.05, 3.63) is 87.2 Å². The molecule has 0 aliphatic carbocycles. The molecule has 1 aliphatic rings. The minimum atomic E-state index is -5.08. The minimum absolute atomic E-state index is 0.246. The van der Waals surface area contributed by atoms with Gasteiger partial charge in [0, 0.05) is 28.4 Å².